The Balaban J connectivity index is 1.02. The number of thiophene rings is 1. The van der Waals surface area contributed by atoms with Crippen LogP contribution in [-0.4, -0.2) is 31.8 Å². The van der Waals surface area contributed by atoms with E-state index in [-0.39, 0.29) is 0 Å². The SMILES string of the molecule is Cc1cc(NN(C)c2ccc(NCNc3ccc(N4CCCC4)s3)cc2C)ccc1N=Nc1nc2c(s1)CCC2. The molecule has 0 radical (unpaired) electrons. The maximum Gasteiger partial charge on any atom is 0.230 e. The third-order valence-corrected chi connectivity index (χ3v) is 9.59. The van der Waals surface area contributed by atoms with Gasteiger partial charge in [0.05, 0.1) is 39.4 Å². The molecular weight excluding hydrogens is 537 g/mol. The van der Waals surface area contributed by atoms with Crippen LogP contribution in [0.4, 0.5) is 37.9 Å². The van der Waals surface area contributed by atoms with Crippen LogP contribution in [0.1, 0.15) is 41.0 Å². The zero-order valence-corrected chi connectivity index (χ0v) is 25.0. The van der Waals surface area contributed by atoms with Crippen molar-refractivity contribution < 1.29 is 0 Å². The number of anilines is 5. The van der Waals surface area contributed by atoms with Gasteiger partial charge in [0.25, 0.3) is 0 Å². The van der Waals surface area contributed by atoms with E-state index in [0.29, 0.717) is 6.67 Å². The van der Waals surface area contributed by atoms with E-state index >= 15 is 0 Å². The Hall–Kier alpha value is -3.63. The first kappa shape index (κ1) is 26.6. The highest BCUT2D eigenvalue weighted by atomic mass is 32.1. The highest BCUT2D eigenvalue weighted by molar-refractivity contribution is 7.20. The van der Waals surface area contributed by atoms with Gasteiger partial charge in [-0.15, -0.1) is 21.6 Å². The summed E-state index contributed by atoms with van der Waals surface area (Å²) in [6.45, 7) is 7.24. The fourth-order valence-corrected chi connectivity index (χ4v) is 7.24. The van der Waals surface area contributed by atoms with Crippen molar-refractivity contribution in [2.24, 2.45) is 10.2 Å². The fraction of sp³-hybridized carbons (Fsp3) is 0.367. The molecule has 0 saturated carbocycles. The largest absolute Gasteiger partial charge is 0.368 e. The van der Waals surface area contributed by atoms with Gasteiger partial charge in [0, 0.05) is 30.7 Å². The Kier molecular flexibility index (Phi) is 7.88. The van der Waals surface area contributed by atoms with E-state index in [1.165, 1.54) is 58.5 Å². The summed E-state index contributed by atoms with van der Waals surface area (Å²) in [6, 6.07) is 17.0. The number of benzene rings is 2. The first-order valence-corrected chi connectivity index (χ1v) is 15.6. The van der Waals surface area contributed by atoms with Crippen molar-refractivity contribution in [2.45, 2.75) is 46.0 Å². The number of aryl methyl sites for hydroxylation is 4. The molecule has 0 atom stereocenters. The minimum atomic E-state index is 0.681. The van der Waals surface area contributed by atoms with Crippen molar-refractivity contribution in [3.8, 4) is 0 Å². The van der Waals surface area contributed by atoms with E-state index in [1.54, 1.807) is 11.3 Å². The number of nitrogens with zero attached hydrogens (tertiary/aromatic N) is 5. The molecule has 6 rings (SSSR count). The van der Waals surface area contributed by atoms with Crippen LogP contribution in [0.15, 0.2) is 58.8 Å². The zero-order valence-electron chi connectivity index (χ0n) is 23.3. The van der Waals surface area contributed by atoms with Crippen LogP contribution >= 0.6 is 22.7 Å². The third kappa shape index (κ3) is 6.08. The predicted molar refractivity (Wildman–Crippen MR) is 171 cm³/mol. The number of hydrogen-bond donors (Lipinski definition) is 3. The third-order valence-electron chi connectivity index (χ3n) is 7.44. The second-order valence-corrected chi connectivity index (χ2v) is 12.6. The number of hydrogen-bond acceptors (Lipinski definition) is 10. The van der Waals surface area contributed by atoms with Crippen LogP contribution in [0, 0.1) is 13.8 Å². The summed E-state index contributed by atoms with van der Waals surface area (Å²) in [5.41, 5.74) is 11.0. The van der Waals surface area contributed by atoms with Crippen LogP contribution in [0.5, 0.6) is 0 Å². The number of azo groups is 1. The molecule has 208 valence electrons. The van der Waals surface area contributed by atoms with E-state index in [2.05, 4.69) is 91.4 Å². The number of hydrazine groups is 1. The minimum Gasteiger partial charge on any atom is -0.368 e. The Morgan fingerprint density at radius 1 is 0.875 bits per heavy atom. The minimum absolute atomic E-state index is 0.681. The molecule has 1 aliphatic heterocycles. The molecule has 1 saturated heterocycles. The molecule has 4 aromatic rings. The summed E-state index contributed by atoms with van der Waals surface area (Å²) < 4.78 is 0. The van der Waals surface area contributed by atoms with Crippen LogP contribution < -0.4 is 26.0 Å². The second-order valence-electron chi connectivity index (χ2n) is 10.5. The van der Waals surface area contributed by atoms with Crippen molar-refractivity contribution in [1.29, 1.82) is 0 Å². The summed E-state index contributed by atoms with van der Waals surface area (Å²) in [6.07, 6.45) is 6.01. The Bertz CT molecular complexity index is 1480. The predicted octanol–water partition coefficient (Wildman–Crippen LogP) is 8.27. The summed E-state index contributed by atoms with van der Waals surface area (Å²) in [7, 11) is 2.04. The molecule has 10 heteroatoms. The van der Waals surface area contributed by atoms with E-state index in [4.69, 9.17) is 0 Å². The lowest BCUT2D eigenvalue weighted by Crippen LogP contribution is -2.25. The fourth-order valence-electron chi connectivity index (χ4n) is 5.31. The first-order valence-electron chi connectivity index (χ1n) is 14.0. The molecule has 3 N–H and O–H groups in total. The average molecular weight is 573 g/mol. The molecule has 2 aliphatic rings. The van der Waals surface area contributed by atoms with Crippen molar-refractivity contribution in [1.82, 2.24) is 4.98 Å². The van der Waals surface area contributed by atoms with Crippen LogP contribution in [0.25, 0.3) is 0 Å². The van der Waals surface area contributed by atoms with Crippen LogP contribution in [-0.2, 0) is 12.8 Å². The topological polar surface area (TPSA) is 80.2 Å². The van der Waals surface area contributed by atoms with Gasteiger partial charge in [0.1, 0.15) is 0 Å². The lowest BCUT2D eigenvalue weighted by atomic mass is 10.1. The highest BCUT2D eigenvalue weighted by Crippen LogP contribution is 2.34. The summed E-state index contributed by atoms with van der Waals surface area (Å²) in [4.78, 5) is 8.46. The van der Waals surface area contributed by atoms with Gasteiger partial charge in [0.15, 0.2) is 0 Å². The van der Waals surface area contributed by atoms with E-state index in [0.717, 1.165) is 46.3 Å². The van der Waals surface area contributed by atoms with Gasteiger partial charge >= 0.3 is 0 Å². The molecule has 2 aromatic carbocycles. The van der Waals surface area contributed by atoms with Gasteiger partial charge in [-0.25, -0.2) is 4.98 Å². The molecule has 3 heterocycles. The summed E-state index contributed by atoms with van der Waals surface area (Å²) in [5.74, 6) is 0. The molecule has 40 heavy (non-hydrogen) atoms. The summed E-state index contributed by atoms with van der Waals surface area (Å²) in [5, 5.41) is 21.2. The normalized spacial score (nSPS) is 14.6. The van der Waals surface area contributed by atoms with Crippen LogP contribution in [0.2, 0.25) is 0 Å². The monoisotopic (exact) mass is 572 g/mol. The number of rotatable bonds is 10. The second kappa shape index (κ2) is 11.9. The molecule has 1 fully saturated rings. The Morgan fingerprint density at radius 3 is 2.50 bits per heavy atom. The first-order chi connectivity index (χ1) is 19.5. The Labute approximate surface area is 244 Å². The van der Waals surface area contributed by atoms with Gasteiger partial charge in [-0.1, -0.05) is 11.3 Å². The lowest BCUT2D eigenvalue weighted by molar-refractivity contribution is 0.898. The van der Waals surface area contributed by atoms with Crippen molar-refractivity contribution >= 4 is 60.6 Å². The summed E-state index contributed by atoms with van der Waals surface area (Å²) >= 11 is 3.50. The van der Waals surface area contributed by atoms with E-state index in [9.17, 15) is 0 Å². The van der Waals surface area contributed by atoms with Crippen LogP contribution in [0.3, 0.4) is 0 Å². The van der Waals surface area contributed by atoms with Gasteiger partial charge in [-0.2, -0.15) is 0 Å². The number of aromatic nitrogens is 1. The zero-order chi connectivity index (χ0) is 27.5. The molecule has 0 bridgehead atoms. The van der Waals surface area contributed by atoms with Crippen molar-refractivity contribution in [3.05, 3.63) is 70.2 Å². The van der Waals surface area contributed by atoms with Gasteiger partial charge in [-0.05, 0) is 106 Å². The maximum atomic E-state index is 4.61. The van der Waals surface area contributed by atoms with Gasteiger partial charge in [-0.3, -0.25) is 10.4 Å². The van der Waals surface area contributed by atoms with Gasteiger partial charge in [0.2, 0.25) is 5.13 Å². The molecule has 0 amide bonds. The van der Waals surface area contributed by atoms with Crippen molar-refractivity contribution in [3.63, 3.8) is 0 Å². The standard InChI is InChI=1S/C30H36N8S2/c1-20-17-23(9-11-24(20)34-35-30-33-25-7-6-8-27(25)39-30)36-37(3)26-12-10-22(18-21(26)2)31-19-32-28-13-14-29(40-28)38-15-4-5-16-38/h9-14,17-18,31-32,36H,4-8,15-16,19H2,1-3H3. The highest BCUT2D eigenvalue weighted by Gasteiger charge is 2.17. The Morgan fingerprint density at radius 2 is 1.70 bits per heavy atom. The molecule has 8 nitrogen and oxygen atoms in total. The number of nitrogens with one attached hydrogen (secondary N) is 3. The van der Waals surface area contributed by atoms with Gasteiger partial charge < -0.3 is 15.5 Å². The lowest BCUT2D eigenvalue weighted by Gasteiger charge is -2.24. The number of fused-ring (bicyclic) bond motifs is 1. The maximum absolute atomic E-state index is 4.61. The molecule has 2 aromatic heterocycles. The number of thiazole rings is 1. The van der Waals surface area contributed by atoms with E-state index < -0.39 is 0 Å². The van der Waals surface area contributed by atoms with Crippen molar-refractivity contribution in [2.75, 3.05) is 52.8 Å². The smallest absolute Gasteiger partial charge is 0.230 e. The molecule has 0 unspecified atom stereocenters. The molecule has 1 aliphatic carbocycles. The molecular formula is C30H36N8S2. The average Bonchev–Trinajstić information content (AvgIpc) is 3.73. The quantitative estimate of drug-likeness (QED) is 0.101. The molecule has 0 spiro atoms. The van der Waals surface area contributed by atoms with E-state index in [1.807, 2.05) is 30.5 Å².